The number of aromatic hydroxyl groups is 1. The second-order valence-corrected chi connectivity index (χ2v) is 8.92. The summed E-state index contributed by atoms with van der Waals surface area (Å²) in [6.45, 7) is 7.59. The molecule has 4 rings (SSSR count). The summed E-state index contributed by atoms with van der Waals surface area (Å²) in [6, 6.07) is 7.83. The number of nitrogens with zero attached hydrogens (tertiary/aromatic N) is 2. The molecule has 0 aromatic heterocycles. The molecule has 0 radical (unpaired) electrons. The second kappa shape index (κ2) is 11.1. The Labute approximate surface area is 209 Å². The fraction of sp³-hybridized carbons (Fsp3) is 0.407. The van der Waals surface area contributed by atoms with Crippen molar-refractivity contribution in [2.75, 3.05) is 46.0 Å². The number of ether oxygens (including phenoxy) is 2. The van der Waals surface area contributed by atoms with Crippen LogP contribution in [0.2, 0.25) is 0 Å². The van der Waals surface area contributed by atoms with E-state index in [1.807, 2.05) is 0 Å². The number of phenolic OH excluding ortho intramolecular Hbond substituents is 1. The zero-order valence-electron chi connectivity index (χ0n) is 20.5. The Hall–Kier alpha value is -3.43. The fourth-order valence-electron chi connectivity index (χ4n) is 4.61. The van der Waals surface area contributed by atoms with Crippen molar-refractivity contribution >= 4 is 17.4 Å². The maximum Gasteiger partial charge on any atom is 0.295 e. The molecule has 2 fully saturated rings. The number of aliphatic hydroxyl groups is 1. The Morgan fingerprint density at radius 1 is 1.14 bits per heavy atom. The summed E-state index contributed by atoms with van der Waals surface area (Å²) in [5.41, 5.74) is 0.878. The molecule has 0 spiro atoms. The van der Waals surface area contributed by atoms with E-state index >= 15 is 0 Å². The van der Waals surface area contributed by atoms with E-state index in [2.05, 4.69) is 4.90 Å². The lowest BCUT2D eigenvalue weighted by Gasteiger charge is -2.29. The zero-order chi connectivity index (χ0) is 25.8. The van der Waals surface area contributed by atoms with E-state index in [1.54, 1.807) is 26.0 Å². The van der Waals surface area contributed by atoms with Gasteiger partial charge in [-0.2, -0.15) is 0 Å². The highest BCUT2D eigenvalue weighted by Gasteiger charge is 2.46. The van der Waals surface area contributed by atoms with Gasteiger partial charge in [0.25, 0.3) is 11.7 Å². The first kappa shape index (κ1) is 25.7. The van der Waals surface area contributed by atoms with E-state index < -0.39 is 29.3 Å². The van der Waals surface area contributed by atoms with Gasteiger partial charge in [-0.1, -0.05) is 18.2 Å². The van der Waals surface area contributed by atoms with Crippen LogP contribution in [0.4, 0.5) is 4.39 Å². The first-order valence-corrected chi connectivity index (χ1v) is 12.1. The van der Waals surface area contributed by atoms with Crippen LogP contribution in [0.25, 0.3) is 5.76 Å². The van der Waals surface area contributed by atoms with Gasteiger partial charge in [-0.15, -0.1) is 0 Å². The number of carbonyl (C=O) groups excluding carboxylic acids is 2. The minimum absolute atomic E-state index is 0.0783. The summed E-state index contributed by atoms with van der Waals surface area (Å²) in [6.07, 6.45) is 0.610. The van der Waals surface area contributed by atoms with Crippen LogP contribution in [0.5, 0.6) is 11.5 Å². The molecule has 2 aliphatic heterocycles. The summed E-state index contributed by atoms with van der Waals surface area (Å²) in [7, 11) is 0. The molecule has 1 unspecified atom stereocenters. The first-order chi connectivity index (χ1) is 17.3. The lowest BCUT2D eigenvalue weighted by Crippen LogP contribution is -2.38. The topological polar surface area (TPSA) is 99.5 Å². The number of Topliss-reactive ketones (excluding diaryl/α,β-unsaturated/α-hetero) is 1. The van der Waals surface area contributed by atoms with Crippen LogP contribution in [-0.2, 0) is 14.3 Å². The molecule has 9 heteroatoms. The molecular weight excluding hydrogens is 467 g/mol. The van der Waals surface area contributed by atoms with Gasteiger partial charge in [0.15, 0.2) is 11.5 Å². The van der Waals surface area contributed by atoms with Crippen molar-refractivity contribution in [3.8, 4) is 11.5 Å². The number of morpholine rings is 1. The normalized spacial score (nSPS) is 20.2. The van der Waals surface area contributed by atoms with Gasteiger partial charge in [-0.25, -0.2) is 4.39 Å². The second-order valence-electron chi connectivity index (χ2n) is 8.92. The van der Waals surface area contributed by atoms with Crippen molar-refractivity contribution in [3.05, 3.63) is 64.5 Å². The highest BCUT2D eigenvalue weighted by molar-refractivity contribution is 6.46. The smallest absolute Gasteiger partial charge is 0.295 e. The number of hydrogen-bond acceptors (Lipinski definition) is 7. The van der Waals surface area contributed by atoms with Crippen LogP contribution < -0.4 is 4.74 Å². The largest absolute Gasteiger partial charge is 0.507 e. The van der Waals surface area contributed by atoms with Gasteiger partial charge >= 0.3 is 0 Å². The van der Waals surface area contributed by atoms with E-state index in [9.17, 15) is 24.2 Å². The lowest BCUT2D eigenvalue weighted by atomic mass is 9.94. The van der Waals surface area contributed by atoms with Gasteiger partial charge in [0.05, 0.1) is 31.4 Å². The number of hydrogen-bond donors (Lipinski definition) is 2. The van der Waals surface area contributed by atoms with Crippen molar-refractivity contribution in [1.29, 1.82) is 0 Å². The number of aryl methyl sites for hydroxylation is 1. The van der Waals surface area contributed by atoms with Gasteiger partial charge in [0.2, 0.25) is 0 Å². The molecule has 0 saturated carbocycles. The summed E-state index contributed by atoms with van der Waals surface area (Å²) in [4.78, 5) is 30.0. The molecule has 2 aromatic rings. The van der Waals surface area contributed by atoms with Crippen LogP contribution in [0.3, 0.4) is 0 Å². The lowest BCUT2D eigenvalue weighted by molar-refractivity contribution is -0.140. The molecule has 2 heterocycles. The molecule has 2 aliphatic rings. The van der Waals surface area contributed by atoms with Crippen molar-refractivity contribution in [2.24, 2.45) is 0 Å². The van der Waals surface area contributed by atoms with Crippen LogP contribution in [0.15, 0.2) is 42.0 Å². The number of likely N-dealkylation sites (tertiary alicyclic amines) is 1. The van der Waals surface area contributed by atoms with Crippen molar-refractivity contribution in [3.63, 3.8) is 0 Å². The van der Waals surface area contributed by atoms with Gasteiger partial charge in [-0.3, -0.25) is 14.5 Å². The van der Waals surface area contributed by atoms with Crippen molar-refractivity contribution in [1.82, 2.24) is 9.80 Å². The summed E-state index contributed by atoms with van der Waals surface area (Å²) >= 11 is 0. The fourth-order valence-corrected chi connectivity index (χ4v) is 4.61. The molecule has 0 bridgehead atoms. The van der Waals surface area contributed by atoms with Crippen molar-refractivity contribution < 1.29 is 33.7 Å². The Balaban J connectivity index is 1.73. The number of aliphatic hydroxyl groups excluding tert-OH is 1. The zero-order valence-corrected chi connectivity index (χ0v) is 20.5. The molecule has 2 saturated heterocycles. The van der Waals surface area contributed by atoms with Crippen LogP contribution in [0.1, 0.15) is 36.1 Å². The summed E-state index contributed by atoms with van der Waals surface area (Å²) in [5, 5.41) is 21.3. The number of amides is 1. The van der Waals surface area contributed by atoms with Gasteiger partial charge in [-0.05, 0) is 49.6 Å². The first-order valence-electron chi connectivity index (χ1n) is 12.1. The van der Waals surface area contributed by atoms with E-state index in [4.69, 9.17) is 9.47 Å². The maximum atomic E-state index is 14.3. The predicted molar refractivity (Wildman–Crippen MR) is 131 cm³/mol. The molecule has 1 amide bonds. The molecule has 0 aliphatic carbocycles. The van der Waals surface area contributed by atoms with E-state index in [-0.39, 0.29) is 29.2 Å². The van der Waals surface area contributed by atoms with Gasteiger partial charge < -0.3 is 24.6 Å². The molecule has 2 N–H and O–H groups in total. The quantitative estimate of drug-likeness (QED) is 0.327. The highest BCUT2D eigenvalue weighted by atomic mass is 19.1. The Morgan fingerprint density at radius 3 is 2.58 bits per heavy atom. The number of rotatable bonds is 8. The van der Waals surface area contributed by atoms with Crippen LogP contribution in [-0.4, -0.2) is 77.7 Å². The van der Waals surface area contributed by atoms with Gasteiger partial charge in [0, 0.05) is 31.7 Å². The minimum atomic E-state index is -0.918. The average Bonchev–Trinajstić information content (AvgIpc) is 3.12. The molecule has 2 aromatic carbocycles. The molecular formula is C27H31FN2O6. The SMILES string of the molecule is CCOc1cc(C2C(=C(O)c3ccc(C)c(F)c3)C(=O)C(=O)N2CCCN2CCOCC2)ccc1O. The maximum absolute atomic E-state index is 14.3. The van der Waals surface area contributed by atoms with Gasteiger partial charge in [0.1, 0.15) is 11.6 Å². The number of benzene rings is 2. The molecule has 8 nitrogen and oxygen atoms in total. The Kier molecular flexibility index (Phi) is 7.91. The standard InChI is InChI=1S/C27H31FN2O6/c1-3-36-22-16-18(7-8-21(22)31)24-23(25(32)19-6-5-17(2)20(28)15-19)26(33)27(34)30(24)10-4-9-29-11-13-35-14-12-29/h5-8,15-16,24,31-32H,3-4,9-14H2,1-2H3. The number of phenols is 1. The number of ketones is 1. The third-order valence-electron chi connectivity index (χ3n) is 6.56. The molecule has 1 atom stereocenters. The van der Waals surface area contributed by atoms with E-state index in [1.165, 1.54) is 23.1 Å². The minimum Gasteiger partial charge on any atom is -0.507 e. The van der Waals surface area contributed by atoms with E-state index in [0.717, 1.165) is 25.7 Å². The Morgan fingerprint density at radius 2 is 1.89 bits per heavy atom. The molecule has 192 valence electrons. The summed E-state index contributed by atoms with van der Waals surface area (Å²) < 4.78 is 25.2. The van der Waals surface area contributed by atoms with Crippen LogP contribution >= 0.6 is 0 Å². The predicted octanol–water partition coefficient (Wildman–Crippen LogP) is 3.38. The number of halogens is 1. The monoisotopic (exact) mass is 498 g/mol. The highest BCUT2D eigenvalue weighted by Crippen LogP contribution is 2.42. The van der Waals surface area contributed by atoms with Crippen LogP contribution in [0, 0.1) is 12.7 Å². The average molecular weight is 499 g/mol. The summed E-state index contributed by atoms with van der Waals surface area (Å²) in [5.74, 6) is -2.42. The third kappa shape index (κ3) is 5.22. The molecule has 36 heavy (non-hydrogen) atoms. The van der Waals surface area contributed by atoms with Crippen molar-refractivity contribution in [2.45, 2.75) is 26.3 Å². The van der Waals surface area contributed by atoms with E-state index in [0.29, 0.717) is 37.4 Å². The third-order valence-corrected chi connectivity index (χ3v) is 6.56. The number of carbonyl (C=O) groups is 2. The Bertz CT molecular complexity index is 1170.